The van der Waals surface area contributed by atoms with Gasteiger partial charge in [-0.2, -0.15) is 0 Å². The highest BCUT2D eigenvalue weighted by Crippen LogP contribution is 2.16. The van der Waals surface area contributed by atoms with E-state index >= 15 is 0 Å². The third kappa shape index (κ3) is 2.38. The molecule has 0 bridgehead atoms. The third-order valence-corrected chi connectivity index (χ3v) is 2.60. The summed E-state index contributed by atoms with van der Waals surface area (Å²) in [5.74, 6) is 0. The van der Waals surface area contributed by atoms with Gasteiger partial charge in [-0.15, -0.1) is 0 Å². The van der Waals surface area contributed by atoms with Crippen molar-refractivity contribution in [2.45, 2.75) is 6.04 Å². The molecule has 0 saturated carbocycles. The van der Waals surface area contributed by atoms with Crippen molar-refractivity contribution in [3.05, 3.63) is 42.1 Å². The molecule has 0 amide bonds. The van der Waals surface area contributed by atoms with Gasteiger partial charge in [0.05, 0.1) is 5.52 Å². The summed E-state index contributed by atoms with van der Waals surface area (Å²) in [5.41, 5.74) is 8.21. The van der Waals surface area contributed by atoms with Crippen LogP contribution in [0.4, 0.5) is 0 Å². The highest BCUT2D eigenvalue weighted by atomic mass is 15.1. The lowest BCUT2D eigenvalue weighted by Gasteiger charge is -2.17. The first-order valence-corrected chi connectivity index (χ1v) is 5.42. The van der Waals surface area contributed by atoms with Crippen LogP contribution in [-0.2, 0) is 0 Å². The van der Waals surface area contributed by atoms with Gasteiger partial charge in [-0.25, -0.2) is 0 Å². The molecule has 2 aromatic rings. The number of nitrogens with zero attached hydrogens (tertiary/aromatic N) is 2. The van der Waals surface area contributed by atoms with Crippen molar-refractivity contribution in [2.75, 3.05) is 20.6 Å². The van der Waals surface area contributed by atoms with Crippen molar-refractivity contribution < 1.29 is 0 Å². The van der Waals surface area contributed by atoms with Gasteiger partial charge in [-0.3, -0.25) is 4.98 Å². The lowest BCUT2D eigenvalue weighted by Crippen LogP contribution is -2.26. The summed E-state index contributed by atoms with van der Waals surface area (Å²) in [6.07, 6.45) is 1.87. The lowest BCUT2D eigenvalue weighted by atomic mass is 10.1. The lowest BCUT2D eigenvalue weighted by molar-refractivity contribution is 0.376. The Hall–Kier alpha value is -1.45. The Morgan fingerprint density at radius 3 is 2.81 bits per heavy atom. The second-order valence-electron chi connectivity index (χ2n) is 4.33. The predicted molar refractivity (Wildman–Crippen MR) is 67.2 cm³/mol. The number of fused-ring (bicyclic) bond motifs is 1. The maximum Gasteiger partial charge on any atom is 0.0702 e. The van der Waals surface area contributed by atoms with Crippen LogP contribution in [0.25, 0.3) is 10.9 Å². The minimum Gasteiger partial charge on any atom is -0.323 e. The van der Waals surface area contributed by atoms with Crippen molar-refractivity contribution in [1.82, 2.24) is 9.88 Å². The zero-order valence-electron chi connectivity index (χ0n) is 9.72. The van der Waals surface area contributed by atoms with E-state index in [1.54, 1.807) is 0 Å². The quantitative estimate of drug-likeness (QED) is 0.849. The molecule has 2 rings (SSSR count). The number of aromatic nitrogens is 1. The Morgan fingerprint density at radius 2 is 2.06 bits per heavy atom. The highest BCUT2D eigenvalue weighted by molar-refractivity contribution is 5.78. The number of hydrogen-bond donors (Lipinski definition) is 1. The molecule has 0 aliphatic carbocycles. The fourth-order valence-electron chi connectivity index (χ4n) is 1.79. The number of hydrogen-bond acceptors (Lipinski definition) is 3. The van der Waals surface area contributed by atoms with Gasteiger partial charge in [-0.05, 0) is 31.8 Å². The van der Waals surface area contributed by atoms with E-state index < -0.39 is 0 Å². The summed E-state index contributed by atoms with van der Waals surface area (Å²) in [4.78, 5) is 6.49. The average molecular weight is 215 g/mol. The first kappa shape index (κ1) is 11.0. The summed E-state index contributed by atoms with van der Waals surface area (Å²) in [6.45, 7) is 0.833. The predicted octanol–water partition coefficient (Wildman–Crippen LogP) is 1.80. The molecule has 1 unspecified atom stereocenters. The van der Waals surface area contributed by atoms with Crippen LogP contribution in [-0.4, -0.2) is 30.5 Å². The minimum absolute atomic E-state index is 0.0205. The molecule has 0 aliphatic rings. The summed E-state index contributed by atoms with van der Waals surface area (Å²) >= 11 is 0. The molecule has 0 fully saturated rings. The number of benzene rings is 1. The smallest absolute Gasteiger partial charge is 0.0702 e. The molecule has 0 radical (unpaired) electrons. The van der Waals surface area contributed by atoms with E-state index in [0.29, 0.717) is 0 Å². The van der Waals surface area contributed by atoms with Gasteiger partial charge < -0.3 is 10.6 Å². The zero-order valence-corrected chi connectivity index (χ0v) is 9.72. The summed E-state index contributed by atoms with van der Waals surface area (Å²) in [5, 5.41) is 1.15. The average Bonchev–Trinajstić information content (AvgIpc) is 2.27. The van der Waals surface area contributed by atoms with E-state index in [0.717, 1.165) is 23.0 Å². The molecule has 3 heteroatoms. The van der Waals surface area contributed by atoms with Crippen LogP contribution < -0.4 is 5.73 Å². The van der Waals surface area contributed by atoms with E-state index in [4.69, 9.17) is 5.73 Å². The van der Waals surface area contributed by atoms with Crippen molar-refractivity contribution in [3.63, 3.8) is 0 Å². The van der Waals surface area contributed by atoms with Crippen molar-refractivity contribution in [2.24, 2.45) is 5.73 Å². The van der Waals surface area contributed by atoms with Gasteiger partial charge in [0.25, 0.3) is 0 Å². The second kappa shape index (κ2) is 4.60. The molecule has 16 heavy (non-hydrogen) atoms. The fraction of sp³-hybridized carbons (Fsp3) is 0.308. The Balaban J connectivity index is 2.32. The summed E-state index contributed by atoms with van der Waals surface area (Å²) in [7, 11) is 4.04. The number of likely N-dealkylation sites (N-methyl/N-ethyl adjacent to an activating group) is 1. The van der Waals surface area contributed by atoms with Gasteiger partial charge in [-0.1, -0.05) is 18.2 Å². The Kier molecular flexibility index (Phi) is 3.17. The summed E-state index contributed by atoms with van der Waals surface area (Å²) in [6, 6.07) is 10.2. The molecule has 1 atom stereocenters. The van der Waals surface area contributed by atoms with Crippen molar-refractivity contribution in [3.8, 4) is 0 Å². The molecule has 3 nitrogen and oxygen atoms in total. The molecule has 1 heterocycles. The van der Waals surface area contributed by atoms with Crippen LogP contribution in [0.1, 0.15) is 11.6 Å². The maximum absolute atomic E-state index is 6.11. The monoisotopic (exact) mass is 215 g/mol. The molecular weight excluding hydrogens is 198 g/mol. The molecule has 1 aromatic carbocycles. The van der Waals surface area contributed by atoms with Gasteiger partial charge in [0.15, 0.2) is 0 Å². The second-order valence-corrected chi connectivity index (χ2v) is 4.33. The Bertz CT molecular complexity index is 479. The molecule has 0 aliphatic heterocycles. The van der Waals surface area contributed by atoms with Gasteiger partial charge in [0.1, 0.15) is 0 Å². The minimum atomic E-state index is 0.0205. The molecule has 0 saturated heterocycles. The maximum atomic E-state index is 6.11. The van der Waals surface area contributed by atoms with Crippen LogP contribution in [0.5, 0.6) is 0 Å². The van der Waals surface area contributed by atoms with Crippen LogP contribution in [0.15, 0.2) is 36.5 Å². The van der Waals surface area contributed by atoms with Crippen molar-refractivity contribution in [1.29, 1.82) is 0 Å². The normalized spacial score (nSPS) is 13.2. The van der Waals surface area contributed by atoms with Gasteiger partial charge in [0, 0.05) is 24.2 Å². The Labute approximate surface area is 95.9 Å². The molecule has 1 aromatic heterocycles. The molecule has 2 N–H and O–H groups in total. The summed E-state index contributed by atoms with van der Waals surface area (Å²) < 4.78 is 0. The van der Waals surface area contributed by atoms with Gasteiger partial charge >= 0.3 is 0 Å². The molecule has 0 spiro atoms. The van der Waals surface area contributed by atoms with E-state index in [2.05, 4.69) is 22.0 Å². The van der Waals surface area contributed by atoms with Gasteiger partial charge in [0.2, 0.25) is 0 Å². The third-order valence-electron chi connectivity index (χ3n) is 2.60. The van der Waals surface area contributed by atoms with Crippen molar-refractivity contribution >= 4 is 10.9 Å². The molecule has 84 valence electrons. The molecular formula is C13H17N3. The van der Waals surface area contributed by atoms with E-state index in [1.165, 1.54) is 0 Å². The Morgan fingerprint density at radius 1 is 1.31 bits per heavy atom. The van der Waals surface area contributed by atoms with Crippen LogP contribution in [0.3, 0.4) is 0 Å². The number of pyridine rings is 1. The standard InChI is InChI=1S/C13H17N3/c1-16(2)9-12(14)11-7-10-5-3-4-6-13(10)15-8-11/h3-8,12H,9,14H2,1-2H3. The van der Waals surface area contributed by atoms with E-state index in [9.17, 15) is 0 Å². The number of rotatable bonds is 3. The van der Waals surface area contributed by atoms with E-state index in [1.807, 2.05) is 38.5 Å². The first-order chi connectivity index (χ1) is 7.66. The van der Waals surface area contributed by atoms with E-state index in [-0.39, 0.29) is 6.04 Å². The first-order valence-electron chi connectivity index (χ1n) is 5.42. The zero-order chi connectivity index (χ0) is 11.5. The SMILES string of the molecule is CN(C)CC(N)c1cnc2ccccc2c1. The van der Waals surface area contributed by atoms with Crippen LogP contribution in [0, 0.1) is 0 Å². The number of para-hydroxylation sites is 1. The largest absolute Gasteiger partial charge is 0.323 e. The van der Waals surface area contributed by atoms with Crippen LogP contribution in [0.2, 0.25) is 0 Å². The highest BCUT2D eigenvalue weighted by Gasteiger charge is 2.08. The van der Waals surface area contributed by atoms with Crippen LogP contribution >= 0.6 is 0 Å². The topological polar surface area (TPSA) is 42.1 Å². The number of nitrogens with two attached hydrogens (primary N) is 1. The fourth-order valence-corrected chi connectivity index (χ4v) is 1.79.